The number of aryl methyl sites for hydroxylation is 1. The number of benzene rings is 1. The topological polar surface area (TPSA) is 62.5 Å². The molecule has 0 fully saturated rings. The van der Waals surface area contributed by atoms with Crippen molar-refractivity contribution in [3.05, 3.63) is 41.6 Å². The number of nitrogens with zero attached hydrogens (tertiary/aromatic N) is 4. The molecule has 1 aromatic heterocycles. The van der Waals surface area contributed by atoms with E-state index < -0.39 is 11.7 Å². The van der Waals surface area contributed by atoms with E-state index >= 15 is 0 Å². The summed E-state index contributed by atoms with van der Waals surface area (Å²) in [4.78, 5) is 17.3. The predicted molar refractivity (Wildman–Crippen MR) is 86.6 cm³/mol. The number of anilines is 1. The summed E-state index contributed by atoms with van der Waals surface area (Å²) >= 11 is 0. The van der Waals surface area contributed by atoms with Gasteiger partial charge in [0, 0.05) is 19.5 Å². The molecule has 6 nitrogen and oxygen atoms in total. The van der Waals surface area contributed by atoms with Crippen molar-refractivity contribution in [2.75, 3.05) is 18.4 Å². The number of carbonyl (C=O) groups is 1. The van der Waals surface area contributed by atoms with E-state index in [9.17, 15) is 18.0 Å². The molecule has 1 amide bonds. The Morgan fingerprint density at radius 3 is 2.72 bits per heavy atom. The zero-order chi connectivity index (χ0) is 18.2. The average Bonchev–Trinajstić information content (AvgIpc) is 3.13. The Hall–Kier alpha value is -2.84. The molecule has 2 aromatic rings. The van der Waals surface area contributed by atoms with Crippen molar-refractivity contribution in [2.24, 2.45) is 4.99 Å². The van der Waals surface area contributed by atoms with Crippen LogP contribution in [0, 0.1) is 6.92 Å². The Morgan fingerprint density at radius 2 is 2.04 bits per heavy atom. The Labute approximate surface area is 142 Å². The first kappa shape index (κ1) is 17.0. The van der Waals surface area contributed by atoms with E-state index in [4.69, 9.17) is 0 Å². The van der Waals surface area contributed by atoms with Gasteiger partial charge >= 0.3 is 6.18 Å². The van der Waals surface area contributed by atoms with Gasteiger partial charge in [-0.1, -0.05) is 6.07 Å². The van der Waals surface area contributed by atoms with Crippen LogP contribution in [0.3, 0.4) is 0 Å². The van der Waals surface area contributed by atoms with Crippen molar-refractivity contribution in [2.45, 2.75) is 20.0 Å². The van der Waals surface area contributed by atoms with Crippen molar-refractivity contribution >= 4 is 17.7 Å². The molecule has 1 N–H and O–H groups in total. The zero-order valence-electron chi connectivity index (χ0n) is 13.6. The number of hydrogen-bond acceptors (Lipinski definition) is 4. The number of halogens is 3. The second kappa shape index (κ2) is 6.23. The monoisotopic (exact) mass is 351 g/mol. The van der Waals surface area contributed by atoms with E-state index in [0.717, 1.165) is 12.1 Å². The second-order valence-electron chi connectivity index (χ2n) is 5.63. The van der Waals surface area contributed by atoms with Crippen LogP contribution >= 0.6 is 0 Å². The summed E-state index contributed by atoms with van der Waals surface area (Å²) in [5, 5.41) is 7.24. The summed E-state index contributed by atoms with van der Waals surface area (Å²) in [6, 6.07) is 6.57. The Balaban J connectivity index is 1.96. The van der Waals surface area contributed by atoms with Gasteiger partial charge in [0.2, 0.25) is 11.9 Å². The maximum absolute atomic E-state index is 12.9. The van der Waals surface area contributed by atoms with Gasteiger partial charge in [0.05, 0.1) is 23.5 Å². The highest BCUT2D eigenvalue weighted by molar-refractivity contribution is 6.04. The van der Waals surface area contributed by atoms with Crippen LogP contribution in [0.25, 0.3) is 5.69 Å². The first-order valence-electron chi connectivity index (χ1n) is 7.59. The molecular formula is C16H16F3N5O. The number of alkyl halides is 3. The van der Waals surface area contributed by atoms with Gasteiger partial charge < -0.3 is 5.32 Å². The predicted octanol–water partition coefficient (Wildman–Crippen LogP) is 2.83. The van der Waals surface area contributed by atoms with Gasteiger partial charge in [-0.25, -0.2) is 4.68 Å². The lowest BCUT2D eigenvalue weighted by atomic mass is 10.2. The largest absolute Gasteiger partial charge is 0.416 e. The van der Waals surface area contributed by atoms with E-state index in [2.05, 4.69) is 15.4 Å². The number of nitrogens with one attached hydrogen (secondary N) is 1. The molecule has 1 aliphatic rings. The van der Waals surface area contributed by atoms with Crippen LogP contribution < -0.4 is 5.32 Å². The molecule has 0 saturated heterocycles. The first-order chi connectivity index (χ1) is 11.8. The van der Waals surface area contributed by atoms with Crippen LogP contribution in [0.2, 0.25) is 0 Å². The van der Waals surface area contributed by atoms with E-state index in [1.165, 1.54) is 28.6 Å². The molecule has 9 heteroatoms. The standard InChI is InChI=1S/C16H16F3N5O/c1-10-8-14(21-15-20-6-7-23(15)11(2)25)24(22-10)13-5-3-4-12(9-13)16(17,18)19/h3-5,8-9H,6-7H2,1-2H3,(H,20,21). The van der Waals surface area contributed by atoms with Crippen LogP contribution in [0.5, 0.6) is 0 Å². The van der Waals surface area contributed by atoms with E-state index in [-0.39, 0.29) is 11.6 Å². The number of rotatable bonds is 2. The molecule has 0 aliphatic carbocycles. The Kier molecular flexibility index (Phi) is 4.23. The van der Waals surface area contributed by atoms with Crippen molar-refractivity contribution in [1.29, 1.82) is 0 Å². The van der Waals surface area contributed by atoms with Gasteiger partial charge in [0.15, 0.2) is 0 Å². The van der Waals surface area contributed by atoms with Crippen molar-refractivity contribution in [3.8, 4) is 5.69 Å². The first-order valence-corrected chi connectivity index (χ1v) is 7.59. The van der Waals surface area contributed by atoms with Gasteiger partial charge in [-0.2, -0.15) is 18.3 Å². The van der Waals surface area contributed by atoms with Gasteiger partial charge in [-0.3, -0.25) is 14.7 Å². The SMILES string of the molecule is CC(=O)N1CCN=C1Nc1cc(C)nn1-c1cccc(C(F)(F)F)c1. The number of aromatic nitrogens is 2. The highest BCUT2D eigenvalue weighted by Crippen LogP contribution is 2.31. The summed E-state index contributed by atoms with van der Waals surface area (Å²) in [7, 11) is 0. The molecular weight excluding hydrogens is 335 g/mol. The summed E-state index contributed by atoms with van der Waals surface area (Å²) < 4.78 is 40.2. The lowest BCUT2D eigenvalue weighted by molar-refractivity contribution is -0.137. The van der Waals surface area contributed by atoms with Crippen LogP contribution in [-0.4, -0.2) is 39.6 Å². The molecule has 1 aromatic carbocycles. The molecule has 0 atom stereocenters. The molecule has 0 unspecified atom stereocenters. The molecule has 25 heavy (non-hydrogen) atoms. The highest BCUT2D eigenvalue weighted by Gasteiger charge is 2.31. The normalized spacial score (nSPS) is 14.6. The van der Waals surface area contributed by atoms with E-state index in [1.807, 2.05) is 0 Å². The molecule has 0 radical (unpaired) electrons. The molecule has 132 valence electrons. The summed E-state index contributed by atoms with van der Waals surface area (Å²) in [5.74, 6) is 0.634. The Bertz CT molecular complexity index is 841. The summed E-state index contributed by atoms with van der Waals surface area (Å²) in [6.45, 7) is 4.10. The van der Waals surface area contributed by atoms with E-state index in [1.54, 1.807) is 13.0 Å². The quantitative estimate of drug-likeness (QED) is 0.905. The van der Waals surface area contributed by atoms with Crippen molar-refractivity contribution in [1.82, 2.24) is 14.7 Å². The van der Waals surface area contributed by atoms with Crippen LogP contribution in [-0.2, 0) is 11.0 Å². The van der Waals surface area contributed by atoms with Gasteiger partial charge in [-0.15, -0.1) is 0 Å². The fraction of sp³-hybridized carbons (Fsp3) is 0.312. The molecule has 1 aliphatic heterocycles. The molecule has 0 spiro atoms. The number of carbonyl (C=O) groups excluding carboxylic acids is 1. The lowest BCUT2D eigenvalue weighted by Crippen LogP contribution is -2.37. The number of hydrogen-bond donors (Lipinski definition) is 1. The number of guanidine groups is 1. The van der Waals surface area contributed by atoms with E-state index in [0.29, 0.717) is 30.6 Å². The number of amides is 1. The molecule has 0 saturated carbocycles. The highest BCUT2D eigenvalue weighted by atomic mass is 19.4. The summed E-state index contributed by atoms with van der Waals surface area (Å²) in [6.07, 6.45) is -4.44. The number of aliphatic imine (C=N–C) groups is 1. The minimum absolute atomic E-state index is 0.161. The lowest BCUT2D eigenvalue weighted by Gasteiger charge is -2.18. The maximum Gasteiger partial charge on any atom is 0.416 e. The van der Waals surface area contributed by atoms with Crippen molar-refractivity contribution < 1.29 is 18.0 Å². The van der Waals surface area contributed by atoms with Gasteiger partial charge in [0.25, 0.3) is 0 Å². The third kappa shape index (κ3) is 3.49. The smallest absolute Gasteiger partial charge is 0.310 e. The zero-order valence-corrected chi connectivity index (χ0v) is 13.6. The van der Waals surface area contributed by atoms with Crippen LogP contribution in [0.4, 0.5) is 19.0 Å². The fourth-order valence-corrected chi connectivity index (χ4v) is 2.57. The minimum atomic E-state index is -4.44. The average molecular weight is 351 g/mol. The third-order valence-corrected chi connectivity index (χ3v) is 3.71. The Morgan fingerprint density at radius 1 is 1.28 bits per heavy atom. The van der Waals surface area contributed by atoms with Gasteiger partial charge in [-0.05, 0) is 25.1 Å². The van der Waals surface area contributed by atoms with Crippen LogP contribution in [0.15, 0.2) is 35.3 Å². The second-order valence-corrected chi connectivity index (χ2v) is 5.63. The summed E-state index contributed by atoms with van der Waals surface area (Å²) in [5.41, 5.74) is 0.124. The molecule has 3 rings (SSSR count). The van der Waals surface area contributed by atoms with Gasteiger partial charge in [0.1, 0.15) is 5.82 Å². The fourth-order valence-electron chi connectivity index (χ4n) is 2.57. The van der Waals surface area contributed by atoms with Crippen molar-refractivity contribution in [3.63, 3.8) is 0 Å². The molecule has 0 bridgehead atoms. The molecule has 2 heterocycles. The maximum atomic E-state index is 12.9. The third-order valence-electron chi connectivity index (χ3n) is 3.71. The minimum Gasteiger partial charge on any atom is -0.310 e. The van der Waals surface area contributed by atoms with Crippen LogP contribution in [0.1, 0.15) is 18.2 Å².